The molecule has 1 aromatic carbocycles. The van der Waals surface area contributed by atoms with Crippen molar-refractivity contribution < 1.29 is 4.79 Å². The molecule has 1 aromatic rings. The van der Waals surface area contributed by atoms with Gasteiger partial charge < -0.3 is 10.2 Å². The molecule has 2 atom stereocenters. The van der Waals surface area contributed by atoms with Crippen LogP contribution in [0.2, 0.25) is 5.02 Å². The number of hydrogen-bond acceptors (Lipinski definition) is 3. The molecule has 19 heavy (non-hydrogen) atoms. The van der Waals surface area contributed by atoms with Crippen molar-refractivity contribution in [2.24, 2.45) is 10.2 Å². The highest BCUT2D eigenvalue weighted by Gasteiger charge is 2.29. The third-order valence-electron chi connectivity index (χ3n) is 2.88. The second kappa shape index (κ2) is 5.63. The molecule has 0 bridgehead atoms. The van der Waals surface area contributed by atoms with Gasteiger partial charge in [0.25, 0.3) is 5.91 Å². The summed E-state index contributed by atoms with van der Waals surface area (Å²) in [6, 6.07) is 6.67. The monoisotopic (exact) mass is 296 g/mol. The number of benzene rings is 1. The van der Waals surface area contributed by atoms with Gasteiger partial charge in [-0.1, -0.05) is 23.7 Å². The largest absolute Gasteiger partial charge is 0.345 e. The molecule has 0 saturated carbocycles. The van der Waals surface area contributed by atoms with Gasteiger partial charge in [0.1, 0.15) is 0 Å². The van der Waals surface area contributed by atoms with E-state index in [0.717, 1.165) is 0 Å². The maximum Gasteiger partial charge on any atom is 0.253 e. The first kappa shape index (κ1) is 13.9. The molecule has 0 radical (unpaired) electrons. The summed E-state index contributed by atoms with van der Waals surface area (Å²) in [6.45, 7) is 1.85. The van der Waals surface area contributed by atoms with Crippen molar-refractivity contribution in [2.75, 3.05) is 7.05 Å². The van der Waals surface area contributed by atoms with E-state index >= 15 is 0 Å². The van der Waals surface area contributed by atoms with Crippen LogP contribution in [0.3, 0.4) is 0 Å². The zero-order valence-corrected chi connectivity index (χ0v) is 12.1. The summed E-state index contributed by atoms with van der Waals surface area (Å²) in [5, 5.41) is 11.5. The fourth-order valence-electron chi connectivity index (χ4n) is 1.81. The molecule has 1 aliphatic rings. The number of nitrogens with zero attached hydrogens (tertiary/aromatic N) is 3. The van der Waals surface area contributed by atoms with Crippen LogP contribution in [-0.2, 0) is 0 Å². The van der Waals surface area contributed by atoms with Crippen molar-refractivity contribution in [1.29, 1.82) is 0 Å². The molecular weight excluding hydrogens is 284 g/mol. The van der Waals surface area contributed by atoms with Crippen LogP contribution in [0.15, 0.2) is 34.5 Å². The summed E-state index contributed by atoms with van der Waals surface area (Å²) in [4.78, 5) is 13.8. The van der Waals surface area contributed by atoms with Crippen molar-refractivity contribution in [3.8, 4) is 0 Å². The predicted octanol–water partition coefficient (Wildman–Crippen LogP) is 2.47. The minimum absolute atomic E-state index is 0.224. The van der Waals surface area contributed by atoms with E-state index in [1.807, 2.05) is 6.92 Å². The second-order valence-corrected chi connectivity index (χ2v) is 5.04. The maximum atomic E-state index is 12.1. The molecule has 0 saturated heterocycles. The molecule has 7 heteroatoms. The molecule has 1 heterocycles. The summed E-state index contributed by atoms with van der Waals surface area (Å²) < 4.78 is 0. The summed E-state index contributed by atoms with van der Waals surface area (Å²) in [5.74, 6) is -0.237. The number of halogens is 1. The van der Waals surface area contributed by atoms with Crippen LogP contribution in [0.4, 0.5) is 0 Å². The molecule has 1 amide bonds. The summed E-state index contributed by atoms with van der Waals surface area (Å²) >= 11 is 11.0. The van der Waals surface area contributed by atoms with Gasteiger partial charge in [0.15, 0.2) is 6.17 Å². The first-order valence-electron chi connectivity index (χ1n) is 5.73. The van der Waals surface area contributed by atoms with Gasteiger partial charge >= 0.3 is 0 Å². The Morgan fingerprint density at radius 1 is 1.53 bits per heavy atom. The Hall–Kier alpha value is -1.53. The summed E-state index contributed by atoms with van der Waals surface area (Å²) in [7, 11) is 1.80. The fourth-order valence-corrected chi connectivity index (χ4v) is 2.19. The fraction of sp³-hybridized carbons (Fsp3) is 0.333. The van der Waals surface area contributed by atoms with Crippen LogP contribution >= 0.6 is 23.8 Å². The molecule has 100 valence electrons. The van der Waals surface area contributed by atoms with E-state index in [1.54, 1.807) is 36.2 Å². The third kappa shape index (κ3) is 2.90. The Kier molecular flexibility index (Phi) is 4.11. The van der Waals surface area contributed by atoms with Crippen LogP contribution in [0.5, 0.6) is 0 Å². The van der Waals surface area contributed by atoms with Crippen LogP contribution in [0.1, 0.15) is 17.3 Å². The van der Waals surface area contributed by atoms with Gasteiger partial charge in [-0.2, -0.15) is 5.11 Å². The van der Waals surface area contributed by atoms with E-state index in [1.165, 1.54) is 0 Å². The van der Waals surface area contributed by atoms with E-state index in [-0.39, 0.29) is 18.1 Å². The number of nitrogens with one attached hydrogen (secondary N) is 1. The SMILES string of the molecule is CC(NC(=O)c1ccccc1Cl)C1N=NC(=S)N1C. The number of azo groups is 1. The Labute approximate surface area is 121 Å². The van der Waals surface area contributed by atoms with E-state index in [0.29, 0.717) is 15.7 Å². The Morgan fingerprint density at radius 3 is 2.79 bits per heavy atom. The summed E-state index contributed by atoms with van der Waals surface area (Å²) in [6.07, 6.45) is -0.279. The molecule has 2 unspecified atom stereocenters. The van der Waals surface area contributed by atoms with Gasteiger partial charge in [0.2, 0.25) is 5.11 Å². The van der Waals surface area contributed by atoms with Crippen molar-refractivity contribution >= 4 is 34.8 Å². The smallest absolute Gasteiger partial charge is 0.253 e. The minimum atomic E-state index is -0.279. The zero-order valence-electron chi connectivity index (χ0n) is 10.5. The predicted molar refractivity (Wildman–Crippen MR) is 77.4 cm³/mol. The zero-order chi connectivity index (χ0) is 14.0. The van der Waals surface area contributed by atoms with Crippen LogP contribution < -0.4 is 5.32 Å². The number of hydrogen-bond donors (Lipinski definition) is 1. The molecule has 0 aliphatic carbocycles. The Balaban J connectivity index is 2.06. The van der Waals surface area contributed by atoms with Crippen molar-refractivity contribution in [3.63, 3.8) is 0 Å². The summed E-state index contributed by atoms with van der Waals surface area (Å²) in [5.41, 5.74) is 0.441. The highest BCUT2D eigenvalue weighted by atomic mass is 35.5. The van der Waals surface area contributed by atoms with E-state index < -0.39 is 0 Å². The first-order chi connectivity index (χ1) is 9.00. The van der Waals surface area contributed by atoms with Gasteiger partial charge in [0.05, 0.1) is 16.6 Å². The molecule has 0 aromatic heterocycles. The van der Waals surface area contributed by atoms with E-state index in [4.69, 9.17) is 23.8 Å². The van der Waals surface area contributed by atoms with E-state index in [2.05, 4.69) is 15.5 Å². The quantitative estimate of drug-likeness (QED) is 0.872. The van der Waals surface area contributed by atoms with Gasteiger partial charge in [-0.25, -0.2) is 0 Å². The lowest BCUT2D eigenvalue weighted by molar-refractivity contribution is 0.0925. The maximum absolute atomic E-state index is 12.1. The van der Waals surface area contributed by atoms with Crippen LogP contribution in [0, 0.1) is 0 Å². The van der Waals surface area contributed by atoms with Gasteiger partial charge in [-0.3, -0.25) is 4.79 Å². The molecule has 0 spiro atoms. The minimum Gasteiger partial charge on any atom is -0.345 e. The number of rotatable bonds is 3. The molecule has 5 nitrogen and oxygen atoms in total. The lowest BCUT2D eigenvalue weighted by atomic mass is 10.2. The van der Waals surface area contributed by atoms with Crippen molar-refractivity contribution in [3.05, 3.63) is 34.9 Å². The number of likely N-dealkylation sites (N-methyl/N-ethyl adjacent to an activating group) is 1. The normalized spacial score (nSPS) is 19.6. The first-order valence-corrected chi connectivity index (χ1v) is 6.52. The molecule has 1 N–H and O–H groups in total. The molecule has 0 fully saturated rings. The van der Waals surface area contributed by atoms with Crippen LogP contribution in [-0.4, -0.2) is 35.2 Å². The lowest BCUT2D eigenvalue weighted by Crippen LogP contribution is -2.46. The topological polar surface area (TPSA) is 57.1 Å². The molecule has 2 rings (SSSR count). The van der Waals surface area contributed by atoms with Gasteiger partial charge in [-0.05, 0) is 31.3 Å². The lowest BCUT2D eigenvalue weighted by Gasteiger charge is -2.24. The standard InChI is InChI=1S/C12H13ClN4OS/c1-7(10-15-16-12(19)17(10)2)14-11(18)8-5-3-4-6-9(8)13/h3-7,10H,1-2H3,(H,14,18). The van der Waals surface area contributed by atoms with Gasteiger partial charge in [-0.15, -0.1) is 5.11 Å². The number of carbonyl (C=O) groups excluding carboxylic acids is 1. The van der Waals surface area contributed by atoms with E-state index in [9.17, 15) is 4.79 Å². The second-order valence-electron chi connectivity index (χ2n) is 4.26. The molecular formula is C12H13ClN4OS. The Bertz CT molecular complexity index is 548. The molecule has 1 aliphatic heterocycles. The highest BCUT2D eigenvalue weighted by Crippen LogP contribution is 2.17. The van der Waals surface area contributed by atoms with Crippen LogP contribution in [0.25, 0.3) is 0 Å². The van der Waals surface area contributed by atoms with Crippen molar-refractivity contribution in [1.82, 2.24) is 10.2 Å². The highest BCUT2D eigenvalue weighted by molar-refractivity contribution is 7.80. The third-order valence-corrected chi connectivity index (χ3v) is 3.58. The van der Waals surface area contributed by atoms with Crippen molar-refractivity contribution in [2.45, 2.75) is 19.1 Å². The van der Waals surface area contributed by atoms with Gasteiger partial charge in [0, 0.05) is 7.05 Å². The number of carbonyl (C=O) groups is 1. The average Bonchev–Trinajstić information content (AvgIpc) is 2.70. The Morgan fingerprint density at radius 2 is 2.21 bits per heavy atom. The average molecular weight is 297 g/mol. The number of amides is 1. The number of thiocarbonyl (C=S) groups is 1.